The van der Waals surface area contributed by atoms with Crippen molar-refractivity contribution < 1.29 is 15.3 Å². The van der Waals surface area contributed by atoms with Crippen LogP contribution in [0.1, 0.15) is 47.0 Å². The van der Waals surface area contributed by atoms with Gasteiger partial charge in [0.1, 0.15) is 0 Å². The van der Waals surface area contributed by atoms with Crippen LogP contribution in [0, 0.1) is 28.6 Å². The highest BCUT2D eigenvalue weighted by Crippen LogP contribution is 2.72. The van der Waals surface area contributed by atoms with Gasteiger partial charge in [-0.1, -0.05) is 20.8 Å². The van der Waals surface area contributed by atoms with E-state index in [4.69, 9.17) is 0 Å². The van der Waals surface area contributed by atoms with Gasteiger partial charge in [0.15, 0.2) is 0 Å². The minimum absolute atomic E-state index is 0.0369. The van der Waals surface area contributed by atoms with Crippen LogP contribution in [0.4, 0.5) is 0 Å². The molecular formula is C15H26O3. The molecular weight excluding hydrogens is 228 g/mol. The summed E-state index contributed by atoms with van der Waals surface area (Å²) in [6.07, 6.45) is 1.45. The summed E-state index contributed by atoms with van der Waals surface area (Å²) in [4.78, 5) is 0. The Hall–Kier alpha value is -0.120. The van der Waals surface area contributed by atoms with E-state index in [0.717, 1.165) is 19.3 Å². The lowest BCUT2D eigenvalue weighted by atomic mass is 9.64. The molecule has 18 heavy (non-hydrogen) atoms. The maximum atomic E-state index is 10.6. The van der Waals surface area contributed by atoms with Crippen LogP contribution in [-0.2, 0) is 0 Å². The van der Waals surface area contributed by atoms with Crippen molar-refractivity contribution in [2.24, 2.45) is 28.6 Å². The van der Waals surface area contributed by atoms with Crippen LogP contribution in [0.15, 0.2) is 0 Å². The zero-order chi connectivity index (χ0) is 13.5. The fourth-order valence-corrected chi connectivity index (χ4v) is 5.98. The molecule has 2 bridgehead atoms. The number of aliphatic hydroxyl groups is 3. The molecule has 0 heterocycles. The van der Waals surface area contributed by atoms with Crippen LogP contribution in [0.2, 0.25) is 0 Å². The molecule has 0 aromatic carbocycles. The summed E-state index contributed by atoms with van der Waals surface area (Å²) in [6.45, 7) is 8.35. The van der Waals surface area contributed by atoms with Gasteiger partial charge in [-0.05, 0) is 54.8 Å². The minimum atomic E-state index is -0.631. The van der Waals surface area contributed by atoms with E-state index in [0.29, 0.717) is 0 Å². The lowest BCUT2D eigenvalue weighted by molar-refractivity contribution is -0.0901. The molecule has 3 fully saturated rings. The Balaban J connectivity index is 2.11. The molecule has 3 N–H and O–H groups in total. The van der Waals surface area contributed by atoms with Gasteiger partial charge < -0.3 is 15.3 Å². The fourth-order valence-electron chi connectivity index (χ4n) is 5.98. The molecule has 0 radical (unpaired) electrons. The molecule has 3 heteroatoms. The van der Waals surface area contributed by atoms with Crippen molar-refractivity contribution in [3.8, 4) is 0 Å². The Morgan fingerprint density at radius 2 is 1.61 bits per heavy atom. The zero-order valence-corrected chi connectivity index (χ0v) is 11.8. The molecule has 3 saturated carbocycles. The largest absolute Gasteiger partial charge is 0.390 e. The predicted molar refractivity (Wildman–Crippen MR) is 68.8 cm³/mol. The number of hydrogen-bond acceptors (Lipinski definition) is 3. The first-order chi connectivity index (χ1) is 8.14. The number of fused-ring (bicyclic) bond motifs is 1. The van der Waals surface area contributed by atoms with Crippen molar-refractivity contribution in [2.75, 3.05) is 0 Å². The Bertz CT molecular complexity index is 376. The molecule has 0 saturated heterocycles. The van der Waals surface area contributed by atoms with E-state index in [1.54, 1.807) is 0 Å². The summed E-state index contributed by atoms with van der Waals surface area (Å²) in [5.41, 5.74) is -0.691. The van der Waals surface area contributed by atoms with Crippen LogP contribution in [0.5, 0.6) is 0 Å². The first-order valence-corrected chi connectivity index (χ1v) is 7.23. The van der Waals surface area contributed by atoms with E-state index in [2.05, 4.69) is 20.8 Å². The lowest BCUT2D eigenvalue weighted by Gasteiger charge is -2.44. The number of rotatable bonds is 0. The van der Waals surface area contributed by atoms with Gasteiger partial charge in [0.2, 0.25) is 0 Å². The second-order valence-corrected chi connectivity index (χ2v) is 7.92. The normalized spacial score (nSPS) is 61.8. The summed E-state index contributed by atoms with van der Waals surface area (Å²) < 4.78 is 0. The van der Waals surface area contributed by atoms with Crippen LogP contribution in [-0.4, -0.2) is 33.1 Å². The standard InChI is InChI=1S/C15H26O3/c1-8-10(16)11(17)12-13(2,3)9-7-15(8,12)6-5-14(9,4)18/h8-12,16-18H,5-7H2,1-4H3/t8-,9-,10-,11-,12+,14-,15+/m1/s1. The summed E-state index contributed by atoms with van der Waals surface area (Å²) >= 11 is 0. The summed E-state index contributed by atoms with van der Waals surface area (Å²) in [5, 5.41) is 31.3. The van der Waals surface area contributed by atoms with Gasteiger partial charge >= 0.3 is 0 Å². The summed E-state index contributed by atoms with van der Waals surface area (Å²) in [7, 11) is 0. The topological polar surface area (TPSA) is 60.7 Å². The molecule has 7 atom stereocenters. The van der Waals surface area contributed by atoms with Crippen LogP contribution >= 0.6 is 0 Å². The Labute approximate surface area is 109 Å². The van der Waals surface area contributed by atoms with E-state index < -0.39 is 17.8 Å². The van der Waals surface area contributed by atoms with Crippen LogP contribution < -0.4 is 0 Å². The molecule has 3 nitrogen and oxygen atoms in total. The molecule has 0 aromatic rings. The lowest BCUT2D eigenvalue weighted by Crippen LogP contribution is -2.46. The van der Waals surface area contributed by atoms with Gasteiger partial charge in [-0.15, -0.1) is 0 Å². The second kappa shape index (κ2) is 3.31. The van der Waals surface area contributed by atoms with Gasteiger partial charge in [0, 0.05) is 0 Å². The van der Waals surface area contributed by atoms with E-state index in [1.807, 2.05) is 6.92 Å². The molecule has 0 unspecified atom stereocenters. The fraction of sp³-hybridized carbons (Fsp3) is 1.00. The second-order valence-electron chi connectivity index (χ2n) is 7.92. The van der Waals surface area contributed by atoms with Crippen LogP contribution in [0.25, 0.3) is 0 Å². The zero-order valence-electron chi connectivity index (χ0n) is 11.8. The average Bonchev–Trinajstić information content (AvgIpc) is 2.59. The van der Waals surface area contributed by atoms with Crippen molar-refractivity contribution >= 4 is 0 Å². The Morgan fingerprint density at radius 3 is 2.22 bits per heavy atom. The van der Waals surface area contributed by atoms with Crippen molar-refractivity contribution in [1.29, 1.82) is 0 Å². The highest BCUT2D eigenvalue weighted by Gasteiger charge is 2.72. The van der Waals surface area contributed by atoms with E-state index in [-0.39, 0.29) is 28.6 Å². The molecule has 1 spiro atoms. The SMILES string of the molecule is C[C@@H]1[C@@H](O)[C@@H](O)[C@H]2C(C)(C)[C@H]3C[C@@]12CC[C@@]3(C)O. The van der Waals surface area contributed by atoms with E-state index >= 15 is 0 Å². The van der Waals surface area contributed by atoms with E-state index in [1.165, 1.54) is 0 Å². The van der Waals surface area contributed by atoms with Crippen molar-refractivity contribution in [3.05, 3.63) is 0 Å². The summed E-state index contributed by atoms with van der Waals surface area (Å²) in [6, 6.07) is 0. The smallest absolute Gasteiger partial charge is 0.0840 e. The Kier molecular flexibility index (Phi) is 2.37. The third kappa shape index (κ3) is 1.21. The monoisotopic (exact) mass is 254 g/mol. The number of aliphatic hydroxyl groups excluding tert-OH is 2. The highest BCUT2D eigenvalue weighted by molar-refractivity contribution is 5.21. The van der Waals surface area contributed by atoms with Gasteiger partial charge in [0.05, 0.1) is 17.8 Å². The first-order valence-electron chi connectivity index (χ1n) is 7.23. The molecule has 3 rings (SSSR count). The molecule has 3 aliphatic rings. The Morgan fingerprint density at radius 1 is 1.00 bits per heavy atom. The van der Waals surface area contributed by atoms with Crippen molar-refractivity contribution in [1.82, 2.24) is 0 Å². The quantitative estimate of drug-likeness (QED) is 0.614. The number of hydrogen-bond donors (Lipinski definition) is 3. The maximum Gasteiger partial charge on any atom is 0.0840 e. The maximum absolute atomic E-state index is 10.6. The van der Waals surface area contributed by atoms with Gasteiger partial charge in [-0.2, -0.15) is 0 Å². The third-order valence-electron chi connectivity index (χ3n) is 6.86. The van der Waals surface area contributed by atoms with E-state index in [9.17, 15) is 15.3 Å². The van der Waals surface area contributed by atoms with Crippen molar-refractivity contribution in [3.63, 3.8) is 0 Å². The van der Waals surface area contributed by atoms with Crippen molar-refractivity contribution in [2.45, 2.75) is 64.8 Å². The first kappa shape index (κ1) is 12.9. The van der Waals surface area contributed by atoms with Crippen LogP contribution in [0.3, 0.4) is 0 Å². The molecule has 0 amide bonds. The predicted octanol–water partition coefficient (Wildman–Crippen LogP) is 1.55. The van der Waals surface area contributed by atoms with Gasteiger partial charge in [-0.25, -0.2) is 0 Å². The minimum Gasteiger partial charge on any atom is -0.390 e. The molecule has 3 aliphatic carbocycles. The third-order valence-corrected chi connectivity index (χ3v) is 6.86. The molecule has 104 valence electrons. The van der Waals surface area contributed by atoms with Gasteiger partial charge in [-0.3, -0.25) is 0 Å². The summed E-state index contributed by atoms with van der Waals surface area (Å²) in [5.74, 6) is 0.486. The highest BCUT2D eigenvalue weighted by atomic mass is 16.3. The van der Waals surface area contributed by atoms with Gasteiger partial charge in [0.25, 0.3) is 0 Å². The average molecular weight is 254 g/mol. The molecule has 0 aliphatic heterocycles. The molecule has 0 aromatic heterocycles.